The maximum absolute atomic E-state index is 11.0. The van der Waals surface area contributed by atoms with Crippen molar-refractivity contribution in [2.75, 3.05) is 28.7 Å². The van der Waals surface area contributed by atoms with Crippen LogP contribution in [0.5, 0.6) is 5.75 Å². The van der Waals surface area contributed by atoms with E-state index >= 15 is 0 Å². The number of hydrogen-bond donors (Lipinski definition) is 3. The molecule has 158 valence electrons. The Morgan fingerprint density at radius 3 is 2.52 bits per heavy atom. The molecular weight excluding hydrogens is 400 g/mol. The van der Waals surface area contributed by atoms with Gasteiger partial charge in [0, 0.05) is 30.4 Å². The van der Waals surface area contributed by atoms with Crippen molar-refractivity contribution in [2.24, 2.45) is 5.10 Å². The molecule has 11 heteroatoms. The van der Waals surface area contributed by atoms with Crippen LogP contribution in [-0.4, -0.2) is 44.3 Å². The molecule has 0 aliphatic carbocycles. The highest BCUT2D eigenvalue weighted by Crippen LogP contribution is 2.28. The van der Waals surface area contributed by atoms with Crippen molar-refractivity contribution >= 4 is 35.4 Å². The van der Waals surface area contributed by atoms with Gasteiger partial charge in [0.05, 0.1) is 11.1 Å². The fraction of sp³-hybridized carbons (Fsp3) is 0.200. The van der Waals surface area contributed by atoms with Crippen LogP contribution in [-0.2, 0) is 0 Å². The molecule has 31 heavy (non-hydrogen) atoms. The lowest BCUT2D eigenvalue weighted by atomic mass is 10.2. The molecule has 2 aromatic carbocycles. The van der Waals surface area contributed by atoms with Gasteiger partial charge in [-0.15, -0.1) is 0 Å². The van der Waals surface area contributed by atoms with E-state index in [-0.39, 0.29) is 11.5 Å². The van der Waals surface area contributed by atoms with Crippen LogP contribution in [0, 0.1) is 10.1 Å². The topological polar surface area (TPSA) is 142 Å². The highest BCUT2D eigenvalue weighted by molar-refractivity contribution is 5.85. The summed E-state index contributed by atoms with van der Waals surface area (Å²) in [4.78, 5) is 25.7. The SMILES string of the molecule is O=[N+]([O-])c1cccc(/C=N/Nc2nc(Nc3ccccc3)nc(N3CCCC3)n2)c1O. The van der Waals surface area contributed by atoms with Crippen LogP contribution in [0.4, 0.5) is 29.2 Å². The van der Waals surface area contributed by atoms with Gasteiger partial charge in [0.2, 0.25) is 23.6 Å². The van der Waals surface area contributed by atoms with E-state index in [4.69, 9.17) is 0 Å². The monoisotopic (exact) mass is 420 g/mol. The molecule has 0 spiro atoms. The molecule has 0 saturated carbocycles. The molecule has 4 rings (SSSR count). The van der Waals surface area contributed by atoms with Crippen LogP contribution >= 0.6 is 0 Å². The Morgan fingerprint density at radius 1 is 1.03 bits per heavy atom. The maximum atomic E-state index is 11.0. The van der Waals surface area contributed by atoms with Crippen molar-refractivity contribution in [3.05, 3.63) is 64.2 Å². The first-order valence-corrected chi connectivity index (χ1v) is 9.69. The second-order valence-corrected chi connectivity index (χ2v) is 6.81. The summed E-state index contributed by atoms with van der Waals surface area (Å²) in [6.07, 6.45) is 3.41. The van der Waals surface area contributed by atoms with Gasteiger partial charge in [-0.2, -0.15) is 20.1 Å². The van der Waals surface area contributed by atoms with E-state index in [0.29, 0.717) is 11.9 Å². The van der Waals surface area contributed by atoms with E-state index in [1.807, 2.05) is 30.3 Å². The van der Waals surface area contributed by atoms with Crippen LogP contribution in [0.15, 0.2) is 53.6 Å². The number of nitrogens with zero attached hydrogens (tertiary/aromatic N) is 6. The average Bonchev–Trinajstić information content (AvgIpc) is 3.30. The Balaban J connectivity index is 1.57. The number of phenolic OH excluding ortho intramolecular Hbond substituents is 1. The third-order valence-corrected chi connectivity index (χ3v) is 4.65. The molecule has 3 aromatic rings. The fourth-order valence-electron chi connectivity index (χ4n) is 3.14. The minimum absolute atomic E-state index is 0.193. The molecule has 0 atom stereocenters. The fourth-order valence-corrected chi connectivity index (χ4v) is 3.14. The Kier molecular flexibility index (Phi) is 5.83. The number of para-hydroxylation sites is 2. The summed E-state index contributed by atoms with van der Waals surface area (Å²) in [5, 5.41) is 28.2. The smallest absolute Gasteiger partial charge is 0.311 e. The molecule has 1 saturated heterocycles. The molecule has 0 unspecified atom stereocenters. The zero-order valence-corrected chi connectivity index (χ0v) is 16.5. The molecule has 2 heterocycles. The number of nitro groups is 1. The normalized spacial score (nSPS) is 13.5. The molecule has 1 aliphatic heterocycles. The van der Waals surface area contributed by atoms with E-state index in [1.54, 1.807) is 0 Å². The Bertz CT molecular complexity index is 1100. The van der Waals surface area contributed by atoms with Gasteiger partial charge >= 0.3 is 5.69 Å². The maximum Gasteiger partial charge on any atom is 0.311 e. The molecule has 1 aliphatic rings. The summed E-state index contributed by atoms with van der Waals surface area (Å²) >= 11 is 0. The minimum atomic E-state index is -0.657. The van der Waals surface area contributed by atoms with Gasteiger partial charge < -0.3 is 15.3 Å². The highest BCUT2D eigenvalue weighted by Gasteiger charge is 2.18. The summed E-state index contributed by atoms with van der Waals surface area (Å²) in [6, 6.07) is 13.7. The number of nitro benzene ring substituents is 1. The van der Waals surface area contributed by atoms with Gasteiger partial charge in [-0.25, -0.2) is 5.43 Å². The number of benzene rings is 2. The molecule has 3 N–H and O–H groups in total. The zero-order valence-electron chi connectivity index (χ0n) is 16.5. The molecule has 1 aromatic heterocycles. The number of aromatic nitrogens is 3. The van der Waals surface area contributed by atoms with E-state index in [2.05, 4.69) is 35.7 Å². The van der Waals surface area contributed by atoms with Gasteiger partial charge in [-0.05, 0) is 31.0 Å². The summed E-state index contributed by atoms with van der Waals surface area (Å²) in [7, 11) is 0. The quantitative estimate of drug-likeness (QED) is 0.298. The summed E-state index contributed by atoms with van der Waals surface area (Å²) < 4.78 is 0. The van der Waals surface area contributed by atoms with Crippen molar-refractivity contribution < 1.29 is 10.0 Å². The summed E-state index contributed by atoms with van der Waals surface area (Å²) in [5.41, 5.74) is 3.35. The minimum Gasteiger partial charge on any atom is -0.502 e. The van der Waals surface area contributed by atoms with Crippen molar-refractivity contribution in [2.45, 2.75) is 12.8 Å². The van der Waals surface area contributed by atoms with Crippen LogP contribution in [0.3, 0.4) is 0 Å². The number of anilines is 4. The Labute approximate surface area is 177 Å². The van der Waals surface area contributed by atoms with Crippen LogP contribution < -0.4 is 15.6 Å². The molecule has 1 fully saturated rings. The first-order chi connectivity index (χ1) is 15.1. The Hall–Kier alpha value is -4.28. The summed E-state index contributed by atoms with van der Waals surface area (Å²) in [6.45, 7) is 1.72. The number of phenols is 1. The van der Waals surface area contributed by atoms with E-state index in [0.717, 1.165) is 31.6 Å². The molecule has 0 bridgehead atoms. The van der Waals surface area contributed by atoms with Gasteiger partial charge in [0.1, 0.15) is 0 Å². The standard InChI is InChI=1S/C20H20N8O3/c29-17-14(7-6-10-16(17)28(30)31)13-21-26-19-23-18(22-15-8-2-1-3-9-15)24-20(25-19)27-11-4-5-12-27/h1-3,6-10,13,29H,4-5,11-12H2,(H2,22,23,24,25,26)/b21-13+. The second kappa shape index (κ2) is 9.03. The van der Waals surface area contributed by atoms with Gasteiger partial charge in [0.25, 0.3) is 0 Å². The largest absolute Gasteiger partial charge is 0.502 e. The lowest BCUT2D eigenvalue weighted by Gasteiger charge is -2.16. The number of hydrazone groups is 1. The number of aromatic hydroxyl groups is 1. The first kappa shape index (κ1) is 20.0. The molecular formula is C20H20N8O3. The lowest BCUT2D eigenvalue weighted by Crippen LogP contribution is -2.21. The number of nitrogens with one attached hydrogen (secondary N) is 2. The van der Waals surface area contributed by atoms with E-state index in [1.165, 1.54) is 24.4 Å². The number of hydrogen-bond acceptors (Lipinski definition) is 10. The third-order valence-electron chi connectivity index (χ3n) is 4.65. The molecule has 0 amide bonds. The van der Waals surface area contributed by atoms with Crippen molar-refractivity contribution in [3.8, 4) is 5.75 Å². The first-order valence-electron chi connectivity index (χ1n) is 9.69. The predicted octanol–water partition coefficient (Wildman–Crippen LogP) is 3.28. The van der Waals surface area contributed by atoms with E-state index < -0.39 is 16.4 Å². The van der Waals surface area contributed by atoms with Crippen molar-refractivity contribution in [1.82, 2.24) is 15.0 Å². The van der Waals surface area contributed by atoms with Gasteiger partial charge in [-0.1, -0.05) is 24.3 Å². The highest BCUT2D eigenvalue weighted by atomic mass is 16.6. The van der Waals surface area contributed by atoms with Crippen molar-refractivity contribution in [3.63, 3.8) is 0 Å². The van der Waals surface area contributed by atoms with Crippen LogP contribution in [0.1, 0.15) is 18.4 Å². The van der Waals surface area contributed by atoms with E-state index in [9.17, 15) is 15.2 Å². The van der Waals surface area contributed by atoms with Crippen LogP contribution in [0.2, 0.25) is 0 Å². The molecule has 11 nitrogen and oxygen atoms in total. The predicted molar refractivity (Wildman–Crippen MR) is 117 cm³/mol. The van der Waals surface area contributed by atoms with Crippen molar-refractivity contribution in [1.29, 1.82) is 0 Å². The number of rotatable bonds is 7. The second-order valence-electron chi connectivity index (χ2n) is 6.81. The average molecular weight is 420 g/mol. The van der Waals surface area contributed by atoms with Crippen LogP contribution in [0.25, 0.3) is 0 Å². The zero-order chi connectivity index (χ0) is 21.6. The lowest BCUT2D eigenvalue weighted by molar-refractivity contribution is -0.385. The Morgan fingerprint density at radius 2 is 1.77 bits per heavy atom. The summed E-state index contributed by atoms with van der Waals surface area (Å²) in [5.74, 6) is 0.634. The van der Waals surface area contributed by atoms with Gasteiger partial charge in [0.15, 0.2) is 0 Å². The van der Waals surface area contributed by atoms with Gasteiger partial charge in [-0.3, -0.25) is 10.1 Å². The molecule has 0 radical (unpaired) electrons. The third kappa shape index (κ3) is 4.83.